The highest BCUT2D eigenvalue weighted by molar-refractivity contribution is 6.00. The third-order valence-corrected chi connectivity index (χ3v) is 6.35. The molecular weight excluding hydrogens is 463 g/mol. The average molecular weight is 489 g/mol. The quantitative estimate of drug-likeness (QED) is 0.430. The van der Waals surface area contributed by atoms with Gasteiger partial charge in [0.25, 0.3) is 5.56 Å². The summed E-state index contributed by atoms with van der Waals surface area (Å²) >= 11 is 0. The molecule has 1 unspecified atom stereocenters. The molecule has 2 amide bonds. The first kappa shape index (κ1) is 23.4. The summed E-state index contributed by atoms with van der Waals surface area (Å²) in [5, 5.41) is 7.49. The van der Waals surface area contributed by atoms with Crippen molar-refractivity contribution in [1.29, 1.82) is 0 Å². The monoisotopic (exact) mass is 488 g/mol. The van der Waals surface area contributed by atoms with Gasteiger partial charge >= 0.3 is 0 Å². The first-order valence-corrected chi connectivity index (χ1v) is 11.7. The third kappa shape index (κ3) is 4.74. The Bertz CT molecular complexity index is 1480. The molecule has 0 aliphatic carbocycles. The Morgan fingerprint density at radius 2 is 1.86 bits per heavy atom. The van der Waals surface area contributed by atoms with E-state index in [1.54, 1.807) is 21.7 Å². The van der Waals surface area contributed by atoms with Crippen LogP contribution in [0, 0.1) is 18.7 Å². The number of amides is 2. The van der Waals surface area contributed by atoms with Crippen LogP contribution in [0.4, 0.5) is 10.1 Å². The number of hydrogen-bond acceptors (Lipinski definition) is 5. The summed E-state index contributed by atoms with van der Waals surface area (Å²) in [5.74, 6) is -1.02. The number of aromatic nitrogens is 4. The van der Waals surface area contributed by atoms with E-state index >= 15 is 0 Å². The van der Waals surface area contributed by atoms with Gasteiger partial charge in [-0.05, 0) is 36.8 Å². The lowest BCUT2D eigenvalue weighted by Crippen LogP contribution is -2.35. The summed E-state index contributed by atoms with van der Waals surface area (Å²) in [7, 11) is 0. The van der Waals surface area contributed by atoms with Crippen LogP contribution in [0.15, 0.2) is 65.8 Å². The van der Waals surface area contributed by atoms with Gasteiger partial charge in [0.2, 0.25) is 11.8 Å². The van der Waals surface area contributed by atoms with Gasteiger partial charge in [0.05, 0.1) is 25.2 Å². The van der Waals surface area contributed by atoms with Gasteiger partial charge in [-0.3, -0.25) is 19.0 Å². The van der Waals surface area contributed by atoms with E-state index in [1.807, 2.05) is 31.2 Å². The van der Waals surface area contributed by atoms with E-state index in [-0.39, 0.29) is 42.7 Å². The topological polar surface area (TPSA) is 102 Å². The second kappa shape index (κ2) is 9.73. The summed E-state index contributed by atoms with van der Waals surface area (Å²) in [5.41, 5.74) is 2.85. The number of nitrogens with one attached hydrogen (secondary N) is 1. The van der Waals surface area contributed by atoms with E-state index in [0.717, 1.165) is 16.8 Å². The summed E-state index contributed by atoms with van der Waals surface area (Å²) < 4.78 is 16.1. The normalized spacial score (nSPS) is 15.6. The molecule has 3 heterocycles. The van der Waals surface area contributed by atoms with Crippen molar-refractivity contribution in [3.05, 3.63) is 88.4 Å². The number of rotatable bonds is 7. The molecule has 1 aliphatic rings. The van der Waals surface area contributed by atoms with Gasteiger partial charge in [0, 0.05) is 25.2 Å². The highest BCUT2D eigenvalue weighted by atomic mass is 19.1. The maximum absolute atomic E-state index is 13.1. The van der Waals surface area contributed by atoms with Crippen LogP contribution in [-0.4, -0.2) is 44.2 Å². The Morgan fingerprint density at radius 3 is 2.61 bits per heavy atom. The molecule has 1 aliphatic heterocycles. The lowest BCUT2D eigenvalue weighted by Gasteiger charge is -2.17. The van der Waals surface area contributed by atoms with E-state index in [0.29, 0.717) is 24.1 Å². The number of carbonyl (C=O) groups excluding carboxylic acids is 2. The van der Waals surface area contributed by atoms with Crippen LogP contribution < -0.4 is 15.8 Å². The Morgan fingerprint density at radius 1 is 1.11 bits per heavy atom. The molecule has 5 rings (SSSR count). The number of hydrogen-bond donors (Lipinski definition) is 1. The summed E-state index contributed by atoms with van der Waals surface area (Å²) in [6.07, 6.45) is 3.07. The van der Waals surface area contributed by atoms with Gasteiger partial charge in [0.1, 0.15) is 17.5 Å². The summed E-state index contributed by atoms with van der Waals surface area (Å²) in [6.45, 7) is 3.20. The molecule has 10 heteroatoms. The number of aryl methyl sites for hydroxylation is 1. The maximum Gasteiger partial charge on any atom is 0.264 e. The average Bonchev–Trinajstić information content (AvgIpc) is 3.47. The zero-order chi connectivity index (χ0) is 25.2. The molecule has 1 saturated heterocycles. The summed E-state index contributed by atoms with van der Waals surface area (Å²) in [6, 6.07) is 13.6. The van der Waals surface area contributed by atoms with Gasteiger partial charge in [-0.15, -0.1) is 0 Å². The van der Waals surface area contributed by atoms with Crippen molar-refractivity contribution in [2.75, 3.05) is 18.0 Å². The minimum atomic E-state index is -0.426. The van der Waals surface area contributed by atoms with Crippen molar-refractivity contribution in [3.8, 4) is 0 Å². The highest BCUT2D eigenvalue weighted by Crippen LogP contribution is 2.25. The van der Waals surface area contributed by atoms with Crippen LogP contribution in [0.25, 0.3) is 11.0 Å². The van der Waals surface area contributed by atoms with Gasteiger partial charge < -0.3 is 10.2 Å². The predicted octanol–water partition coefficient (Wildman–Crippen LogP) is 2.26. The SMILES string of the molecule is Cc1ccc(N2CC(C(=O)NCCn3ncc4c(=O)n(Cc5ccc(F)cc5)cnc43)CC2=O)cc1. The third-order valence-electron chi connectivity index (χ3n) is 6.35. The second-order valence-electron chi connectivity index (χ2n) is 8.94. The van der Waals surface area contributed by atoms with Crippen LogP contribution >= 0.6 is 0 Å². The molecule has 1 fully saturated rings. The number of benzene rings is 2. The number of anilines is 1. The minimum absolute atomic E-state index is 0.0711. The molecule has 36 heavy (non-hydrogen) atoms. The standard InChI is InChI=1S/C26H25FN6O3/c1-17-2-8-21(9-3-17)32-15-19(12-23(32)34)25(35)28-10-11-33-24-22(13-30-33)26(36)31(16-29-24)14-18-4-6-20(27)7-5-18/h2-9,13,16,19H,10-12,14-15H2,1H3,(H,28,35). The van der Waals surface area contributed by atoms with Gasteiger partial charge in [0.15, 0.2) is 5.65 Å². The number of carbonyl (C=O) groups is 2. The Balaban J connectivity index is 1.19. The Hall–Kier alpha value is -4.34. The van der Waals surface area contributed by atoms with Crippen LogP contribution in [0.5, 0.6) is 0 Å². The van der Waals surface area contributed by atoms with Gasteiger partial charge in [-0.2, -0.15) is 5.10 Å². The number of halogens is 1. The number of fused-ring (bicyclic) bond motifs is 1. The smallest absolute Gasteiger partial charge is 0.264 e. The van der Waals surface area contributed by atoms with E-state index in [9.17, 15) is 18.8 Å². The van der Waals surface area contributed by atoms with E-state index in [1.165, 1.54) is 29.2 Å². The zero-order valence-electron chi connectivity index (χ0n) is 19.7. The van der Waals surface area contributed by atoms with Crippen molar-refractivity contribution in [3.63, 3.8) is 0 Å². The lowest BCUT2D eigenvalue weighted by atomic mass is 10.1. The molecule has 184 valence electrons. The maximum atomic E-state index is 13.1. The van der Waals surface area contributed by atoms with Crippen molar-refractivity contribution >= 4 is 28.5 Å². The van der Waals surface area contributed by atoms with Gasteiger partial charge in [-0.25, -0.2) is 14.1 Å². The first-order chi connectivity index (χ1) is 17.4. The zero-order valence-corrected chi connectivity index (χ0v) is 19.7. The second-order valence-corrected chi connectivity index (χ2v) is 8.94. The molecular formula is C26H25FN6O3. The van der Waals surface area contributed by atoms with Crippen LogP contribution in [0.2, 0.25) is 0 Å². The van der Waals surface area contributed by atoms with Crippen molar-refractivity contribution in [2.45, 2.75) is 26.4 Å². The van der Waals surface area contributed by atoms with E-state index in [4.69, 9.17) is 0 Å². The fraction of sp³-hybridized carbons (Fsp3) is 0.269. The molecule has 9 nitrogen and oxygen atoms in total. The fourth-order valence-electron chi connectivity index (χ4n) is 4.35. The summed E-state index contributed by atoms with van der Waals surface area (Å²) in [4.78, 5) is 44.0. The van der Waals surface area contributed by atoms with Crippen LogP contribution in [-0.2, 0) is 22.7 Å². The molecule has 2 aromatic carbocycles. The minimum Gasteiger partial charge on any atom is -0.354 e. The van der Waals surface area contributed by atoms with Crippen LogP contribution in [0.1, 0.15) is 17.5 Å². The molecule has 0 bridgehead atoms. The molecule has 0 radical (unpaired) electrons. The lowest BCUT2D eigenvalue weighted by molar-refractivity contribution is -0.126. The van der Waals surface area contributed by atoms with E-state index in [2.05, 4.69) is 15.4 Å². The van der Waals surface area contributed by atoms with Crippen LogP contribution in [0.3, 0.4) is 0 Å². The molecule has 1 N–H and O–H groups in total. The number of nitrogens with zero attached hydrogens (tertiary/aromatic N) is 5. The Kier molecular flexibility index (Phi) is 6.32. The van der Waals surface area contributed by atoms with Gasteiger partial charge in [-0.1, -0.05) is 29.8 Å². The fourth-order valence-corrected chi connectivity index (χ4v) is 4.35. The van der Waals surface area contributed by atoms with Crippen molar-refractivity contribution in [2.24, 2.45) is 5.92 Å². The molecule has 0 saturated carbocycles. The molecule has 0 spiro atoms. The van der Waals surface area contributed by atoms with E-state index < -0.39 is 5.92 Å². The molecule has 1 atom stereocenters. The molecule has 2 aromatic heterocycles. The highest BCUT2D eigenvalue weighted by Gasteiger charge is 2.34. The Labute approximate surface area is 206 Å². The van der Waals surface area contributed by atoms with Crippen molar-refractivity contribution < 1.29 is 14.0 Å². The largest absolute Gasteiger partial charge is 0.354 e. The predicted molar refractivity (Wildman–Crippen MR) is 132 cm³/mol. The van der Waals surface area contributed by atoms with Crippen molar-refractivity contribution in [1.82, 2.24) is 24.6 Å². The molecule has 4 aromatic rings. The first-order valence-electron chi connectivity index (χ1n) is 11.7.